The van der Waals surface area contributed by atoms with Crippen LogP contribution in [-0.2, 0) is 7.05 Å². The summed E-state index contributed by atoms with van der Waals surface area (Å²) in [5.74, 6) is -0.214. The number of para-hydroxylation sites is 2. The first-order chi connectivity index (χ1) is 9.66. The lowest BCUT2D eigenvalue weighted by Gasteiger charge is -2.05. The minimum absolute atomic E-state index is 0.214. The highest BCUT2D eigenvalue weighted by atomic mass is 79.9. The molecule has 0 saturated heterocycles. The number of nitrogens with one attached hydrogen (secondary N) is 1. The van der Waals surface area contributed by atoms with E-state index in [4.69, 9.17) is 0 Å². The largest absolute Gasteiger partial charge is 0.320 e. The van der Waals surface area contributed by atoms with Crippen molar-refractivity contribution in [3.05, 3.63) is 58.7 Å². The van der Waals surface area contributed by atoms with Crippen LogP contribution in [-0.4, -0.2) is 15.7 Å². The molecule has 4 nitrogen and oxygen atoms in total. The molecule has 0 radical (unpaired) electrons. The van der Waals surface area contributed by atoms with E-state index in [0.29, 0.717) is 5.69 Å². The van der Waals surface area contributed by atoms with E-state index in [1.807, 2.05) is 55.6 Å². The van der Waals surface area contributed by atoms with Crippen molar-refractivity contribution in [2.75, 3.05) is 5.32 Å². The van der Waals surface area contributed by atoms with Crippen LogP contribution in [0, 0.1) is 0 Å². The van der Waals surface area contributed by atoms with Crippen LogP contribution in [0.3, 0.4) is 0 Å². The maximum absolute atomic E-state index is 12.4. The van der Waals surface area contributed by atoms with Gasteiger partial charge in [-0.05, 0) is 34.1 Å². The second-order valence-corrected chi connectivity index (χ2v) is 5.28. The quantitative estimate of drug-likeness (QED) is 0.781. The van der Waals surface area contributed by atoms with Gasteiger partial charge in [-0.25, -0.2) is 0 Å². The highest BCUT2D eigenvalue weighted by Crippen LogP contribution is 2.23. The molecule has 0 aliphatic heterocycles. The monoisotopic (exact) mass is 329 g/mol. The number of hydrogen-bond acceptors (Lipinski definition) is 2. The topological polar surface area (TPSA) is 46.9 Å². The molecule has 1 aromatic heterocycles. The molecule has 1 heterocycles. The normalized spacial score (nSPS) is 10.7. The van der Waals surface area contributed by atoms with Crippen LogP contribution >= 0.6 is 15.9 Å². The first kappa shape index (κ1) is 12.9. The number of amides is 1. The molecule has 0 bridgehead atoms. The number of carbonyl (C=O) groups excluding carboxylic acids is 1. The van der Waals surface area contributed by atoms with Gasteiger partial charge in [-0.2, -0.15) is 5.10 Å². The zero-order valence-electron chi connectivity index (χ0n) is 10.8. The standard InChI is InChI=1S/C15H12BrN3O/c1-19-13-9-5-2-6-10(13)14(18-19)15(20)17-12-8-4-3-7-11(12)16/h2-9H,1H3,(H,17,20). The van der Waals surface area contributed by atoms with E-state index in [-0.39, 0.29) is 5.91 Å². The Hall–Kier alpha value is -2.14. The molecule has 0 aliphatic rings. The van der Waals surface area contributed by atoms with Gasteiger partial charge in [0.05, 0.1) is 11.2 Å². The third kappa shape index (κ3) is 2.20. The number of aryl methyl sites for hydroxylation is 1. The summed E-state index contributed by atoms with van der Waals surface area (Å²) in [4.78, 5) is 12.4. The van der Waals surface area contributed by atoms with Gasteiger partial charge in [0.1, 0.15) is 0 Å². The van der Waals surface area contributed by atoms with Crippen molar-refractivity contribution in [1.29, 1.82) is 0 Å². The van der Waals surface area contributed by atoms with Gasteiger partial charge in [0, 0.05) is 16.9 Å². The second-order valence-electron chi connectivity index (χ2n) is 4.42. The maximum atomic E-state index is 12.4. The summed E-state index contributed by atoms with van der Waals surface area (Å²) >= 11 is 3.41. The molecule has 3 rings (SSSR count). The number of nitrogens with zero attached hydrogens (tertiary/aromatic N) is 2. The number of rotatable bonds is 2. The Kier molecular flexibility index (Phi) is 3.28. The van der Waals surface area contributed by atoms with E-state index in [0.717, 1.165) is 21.1 Å². The number of benzene rings is 2. The molecule has 0 atom stereocenters. The molecule has 20 heavy (non-hydrogen) atoms. The molecule has 0 unspecified atom stereocenters. The van der Waals surface area contributed by atoms with Crippen molar-refractivity contribution in [3.63, 3.8) is 0 Å². The SMILES string of the molecule is Cn1nc(C(=O)Nc2ccccc2Br)c2ccccc21. The predicted molar refractivity (Wildman–Crippen MR) is 82.8 cm³/mol. The lowest BCUT2D eigenvalue weighted by Crippen LogP contribution is -2.13. The van der Waals surface area contributed by atoms with Gasteiger partial charge in [-0.3, -0.25) is 9.48 Å². The van der Waals surface area contributed by atoms with Crippen LogP contribution in [0.1, 0.15) is 10.5 Å². The van der Waals surface area contributed by atoms with Crippen molar-refractivity contribution in [1.82, 2.24) is 9.78 Å². The summed E-state index contributed by atoms with van der Waals surface area (Å²) in [7, 11) is 1.83. The number of hydrogen-bond donors (Lipinski definition) is 1. The first-order valence-electron chi connectivity index (χ1n) is 6.14. The zero-order chi connectivity index (χ0) is 14.1. The lowest BCUT2D eigenvalue weighted by atomic mass is 10.2. The van der Waals surface area contributed by atoms with Gasteiger partial charge in [0.15, 0.2) is 5.69 Å². The van der Waals surface area contributed by atoms with Crippen molar-refractivity contribution < 1.29 is 4.79 Å². The van der Waals surface area contributed by atoms with E-state index >= 15 is 0 Å². The Morgan fingerprint density at radius 3 is 2.65 bits per heavy atom. The Morgan fingerprint density at radius 2 is 1.85 bits per heavy atom. The molecule has 0 saturated carbocycles. The van der Waals surface area contributed by atoms with Crippen LogP contribution < -0.4 is 5.32 Å². The summed E-state index contributed by atoms with van der Waals surface area (Å²) in [6.07, 6.45) is 0. The molecule has 3 aromatic rings. The zero-order valence-corrected chi connectivity index (χ0v) is 12.4. The minimum atomic E-state index is -0.214. The van der Waals surface area contributed by atoms with Crippen LogP contribution in [0.5, 0.6) is 0 Å². The van der Waals surface area contributed by atoms with Crippen LogP contribution in [0.25, 0.3) is 10.9 Å². The van der Waals surface area contributed by atoms with Gasteiger partial charge >= 0.3 is 0 Å². The van der Waals surface area contributed by atoms with E-state index in [2.05, 4.69) is 26.3 Å². The van der Waals surface area contributed by atoms with Crippen molar-refractivity contribution in [2.24, 2.45) is 7.05 Å². The summed E-state index contributed by atoms with van der Waals surface area (Å²) < 4.78 is 2.55. The number of fused-ring (bicyclic) bond motifs is 1. The van der Waals surface area contributed by atoms with Gasteiger partial charge in [0.2, 0.25) is 0 Å². The molecular formula is C15H12BrN3O. The molecule has 0 aliphatic carbocycles. The summed E-state index contributed by atoms with van der Waals surface area (Å²) in [6, 6.07) is 15.2. The number of halogens is 1. The fraction of sp³-hybridized carbons (Fsp3) is 0.0667. The fourth-order valence-corrected chi connectivity index (χ4v) is 2.51. The van der Waals surface area contributed by atoms with E-state index < -0.39 is 0 Å². The van der Waals surface area contributed by atoms with Gasteiger partial charge in [0.25, 0.3) is 5.91 Å². The smallest absolute Gasteiger partial charge is 0.276 e. The minimum Gasteiger partial charge on any atom is -0.320 e. The van der Waals surface area contributed by atoms with E-state index in [1.165, 1.54) is 0 Å². The summed E-state index contributed by atoms with van der Waals surface area (Å²) in [5, 5.41) is 8.02. The van der Waals surface area contributed by atoms with E-state index in [9.17, 15) is 4.79 Å². The third-order valence-electron chi connectivity index (χ3n) is 3.09. The molecule has 0 fully saturated rings. The lowest BCUT2D eigenvalue weighted by molar-refractivity contribution is 0.102. The molecule has 1 N–H and O–H groups in total. The van der Waals surface area contributed by atoms with Crippen molar-refractivity contribution >= 4 is 38.4 Å². The molecule has 1 amide bonds. The highest BCUT2D eigenvalue weighted by molar-refractivity contribution is 9.10. The summed E-state index contributed by atoms with van der Waals surface area (Å²) in [6.45, 7) is 0. The van der Waals surface area contributed by atoms with Gasteiger partial charge in [-0.1, -0.05) is 30.3 Å². The molecular weight excluding hydrogens is 318 g/mol. The average molecular weight is 330 g/mol. The molecule has 2 aromatic carbocycles. The predicted octanol–water partition coefficient (Wildman–Crippen LogP) is 3.59. The van der Waals surface area contributed by atoms with Gasteiger partial charge in [-0.15, -0.1) is 0 Å². The van der Waals surface area contributed by atoms with Gasteiger partial charge < -0.3 is 5.32 Å². The Morgan fingerprint density at radius 1 is 1.15 bits per heavy atom. The van der Waals surface area contributed by atoms with E-state index in [1.54, 1.807) is 4.68 Å². The average Bonchev–Trinajstić information content (AvgIpc) is 2.79. The number of aromatic nitrogens is 2. The fourth-order valence-electron chi connectivity index (χ4n) is 2.13. The Balaban J connectivity index is 2.00. The first-order valence-corrected chi connectivity index (χ1v) is 6.94. The summed E-state index contributed by atoms with van der Waals surface area (Å²) in [5.41, 5.74) is 2.09. The third-order valence-corrected chi connectivity index (χ3v) is 3.79. The molecule has 0 spiro atoms. The number of carbonyl (C=O) groups is 1. The Labute approximate surface area is 124 Å². The van der Waals surface area contributed by atoms with Crippen LogP contribution in [0.4, 0.5) is 5.69 Å². The molecule has 100 valence electrons. The molecule has 5 heteroatoms. The number of anilines is 1. The van der Waals surface area contributed by atoms with Crippen molar-refractivity contribution in [2.45, 2.75) is 0 Å². The van der Waals surface area contributed by atoms with Crippen LogP contribution in [0.15, 0.2) is 53.0 Å². The highest BCUT2D eigenvalue weighted by Gasteiger charge is 2.16. The Bertz CT molecular complexity index is 795. The second kappa shape index (κ2) is 5.09. The van der Waals surface area contributed by atoms with Crippen molar-refractivity contribution in [3.8, 4) is 0 Å². The maximum Gasteiger partial charge on any atom is 0.276 e. The van der Waals surface area contributed by atoms with Crippen LogP contribution in [0.2, 0.25) is 0 Å².